The topological polar surface area (TPSA) is 39.1 Å². The van der Waals surface area contributed by atoms with Crippen LogP contribution in [-0.2, 0) is 7.05 Å². The van der Waals surface area contributed by atoms with Gasteiger partial charge in [-0.05, 0) is 6.55 Å². The molecule has 11 heavy (non-hydrogen) atoms. The van der Waals surface area contributed by atoms with E-state index in [2.05, 4.69) is 0 Å². The first-order valence-electron chi connectivity index (χ1n) is 2.87. The van der Waals surface area contributed by atoms with E-state index in [1.165, 1.54) is 33.5 Å². The lowest BCUT2D eigenvalue weighted by Crippen LogP contribution is -2.22. The minimum atomic E-state index is -0.132. The van der Waals surface area contributed by atoms with Gasteiger partial charge in [0.2, 0.25) is 0 Å². The monoisotopic (exact) mass is 205 g/mol. The van der Waals surface area contributed by atoms with E-state index in [4.69, 9.17) is 0 Å². The van der Waals surface area contributed by atoms with Crippen LogP contribution in [0.4, 0.5) is 0 Å². The third-order valence-corrected chi connectivity index (χ3v) is 6.18. The summed E-state index contributed by atoms with van der Waals surface area (Å²) in [5.74, 6) is 0. The molecule has 0 radical (unpaired) electrons. The molecular weight excluding hydrogens is 201 g/mol. The zero-order valence-corrected chi connectivity index (χ0v) is 8.21. The van der Waals surface area contributed by atoms with Crippen LogP contribution in [0.2, 0.25) is 0 Å². The fourth-order valence-electron chi connectivity index (χ4n) is 0.875. The van der Waals surface area contributed by atoms with Gasteiger partial charge in [-0.3, -0.25) is 14.2 Å². The van der Waals surface area contributed by atoms with Gasteiger partial charge in [0.05, 0.1) is 0 Å². The van der Waals surface area contributed by atoms with Gasteiger partial charge in [-0.2, -0.15) is 0 Å². The van der Waals surface area contributed by atoms with E-state index in [9.17, 15) is 9.59 Å². The third-order valence-electron chi connectivity index (χ3n) is 1.49. The molecule has 0 N–H and O–H groups in total. The summed E-state index contributed by atoms with van der Waals surface area (Å²) in [5.41, 5.74) is -0.264. The maximum Gasteiger partial charge on any atom is 0.272 e. The van der Waals surface area contributed by atoms with E-state index >= 15 is 0 Å². The predicted octanol–water partition coefficient (Wildman–Crippen LogP) is 0.625. The maximum atomic E-state index is 11.2. The van der Waals surface area contributed by atoms with Crippen LogP contribution in [-0.4, -0.2) is 4.57 Å². The smallest absolute Gasteiger partial charge is 0.272 e. The SMILES string of the molecule is Cn1c(=O)c2s[pH]sc=2c1=O. The van der Waals surface area contributed by atoms with Crippen LogP contribution in [0.25, 0.3) is 0 Å². The van der Waals surface area contributed by atoms with Crippen molar-refractivity contribution in [3.63, 3.8) is 0 Å². The molecule has 0 aromatic rings. The maximum absolute atomic E-state index is 11.2. The Balaban J connectivity index is 3.35. The van der Waals surface area contributed by atoms with Gasteiger partial charge < -0.3 is 0 Å². The number of aromatic nitrogens is 1. The first-order chi connectivity index (χ1) is 5.22. The molecule has 0 bridgehead atoms. The van der Waals surface area contributed by atoms with Crippen LogP contribution in [0.1, 0.15) is 0 Å². The average Bonchev–Trinajstić information content (AvgIpc) is 2.53. The molecular formula is C5H4NO2PS2. The summed E-state index contributed by atoms with van der Waals surface area (Å²) >= 11 is 0. The number of nitrogens with zero attached hydrogens (tertiary/aromatic N) is 1. The number of hydrogen-bond donors (Lipinski definition) is 0. The van der Waals surface area contributed by atoms with Crippen LogP contribution < -0.4 is 11.1 Å². The van der Waals surface area contributed by atoms with Crippen LogP contribution >= 0.6 is 28.4 Å². The summed E-state index contributed by atoms with van der Waals surface area (Å²) in [6.45, 7) is 0.580. The zero-order chi connectivity index (χ0) is 8.01. The number of hydrogen-bond acceptors (Lipinski definition) is 4. The molecule has 0 spiro atoms. The van der Waals surface area contributed by atoms with Gasteiger partial charge in [-0.25, -0.2) is 0 Å². The Kier molecular flexibility index (Phi) is 1.52. The Morgan fingerprint density at radius 2 is 1.64 bits per heavy atom. The molecule has 6 heteroatoms. The largest absolute Gasteiger partial charge is 0.276 e. The summed E-state index contributed by atoms with van der Waals surface area (Å²) in [7, 11) is 4.49. The predicted molar refractivity (Wildman–Crippen MR) is 48.5 cm³/mol. The standard InChI is InChI=1S/C5H4NO2PS2/c1-6-4(7)2-3(5(6)8)11-9-10-2/h9H,1H3. The van der Waals surface area contributed by atoms with E-state index < -0.39 is 0 Å². The molecule has 2 aliphatic heterocycles. The highest BCUT2D eigenvalue weighted by molar-refractivity contribution is 8.05. The second-order valence-electron chi connectivity index (χ2n) is 2.12. The average molecular weight is 205 g/mol. The van der Waals surface area contributed by atoms with Crippen molar-refractivity contribution in [2.45, 2.75) is 0 Å². The number of rotatable bonds is 0. The molecule has 0 saturated heterocycles. The summed E-state index contributed by atoms with van der Waals surface area (Å²) in [6, 6.07) is 0. The highest BCUT2D eigenvalue weighted by atomic mass is 32.8. The van der Waals surface area contributed by atoms with Crippen LogP contribution in [0.5, 0.6) is 0 Å². The summed E-state index contributed by atoms with van der Waals surface area (Å²) in [4.78, 5) is 22.4. The first-order valence-corrected chi connectivity index (χ1v) is 6.95. The van der Waals surface area contributed by atoms with E-state index in [1.54, 1.807) is 0 Å². The van der Waals surface area contributed by atoms with Crippen molar-refractivity contribution in [1.29, 1.82) is 0 Å². The minimum Gasteiger partial charge on any atom is -0.276 e. The summed E-state index contributed by atoms with van der Waals surface area (Å²) < 4.78 is 2.48. The van der Waals surface area contributed by atoms with Gasteiger partial charge in [-0.1, -0.05) is 0 Å². The fourth-order valence-corrected chi connectivity index (χ4v) is 6.22. The normalized spacial score (nSPS) is 11.0. The first kappa shape index (κ1) is 7.28. The highest BCUT2D eigenvalue weighted by Gasteiger charge is 2.06. The molecule has 3 nitrogen and oxygen atoms in total. The van der Waals surface area contributed by atoms with E-state index in [0.717, 1.165) is 0 Å². The molecule has 0 amide bonds. The Bertz CT molecular complexity index is 499. The van der Waals surface area contributed by atoms with Crippen molar-refractivity contribution in [1.82, 2.24) is 4.57 Å². The third kappa shape index (κ3) is 0.851. The summed E-state index contributed by atoms with van der Waals surface area (Å²) in [5, 5.41) is 0. The fraction of sp³-hybridized carbons (Fsp3) is 0.200. The molecule has 0 fully saturated rings. The van der Waals surface area contributed by atoms with Gasteiger partial charge in [0, 0.05) is 7.05 Å². The Morgan fingerprint density at radius 1 is 1.18 bits per heavy atom. The van der Waals surface area contributed by atoms with Gasteiger partial charge >= 0.3 is 0 Å². The molecule has 0 aromatic heterocycles. The van der Waals surface area contributed by atoms with Crippen molar-refractivity contribution < 1.29 is 0 Å². The lowest BCUT2D eigenvalue weighted by Gasteiger charge is -1.79. The molecule has 2 heterocycles. The van der Waals surface area contributed by atoms with Gasteiger partial charge in [-0.15, -0.1) is 21.9 Å². The van der Waals surface area contributed by atoms with Gasteiger partial charge in [0.25, 0.3) is 11.1 Å². The molecule has 0 atom stereocenters. The van der Waals surface area contributed by atoms with Crippen molar-refractivity contribution in [3.8, 4) is 0 Å². The van der Waals surface area contributed by atoms with E-state index in [-0.39, 0.29) is 11.1 Å². The van der Waals surface area contributed by atoms with E-state index in [0.29, 0.717) is 15.6 Å². The molecule has 0 saturated carbocycles. The minimum absolute atomic E-state index is 0.132. The van der Waals surface area contributed by atoms with Gasteiger partial charge in [0.1, 0.15) is 9.06 Å². The van der Waals surface area contributed by atoms with Crippen molar-refractivity contribution in [2.24, 2.45) is 7.05 Å². The summed E-state index contributed by atoms with van der Waals surface area (Å²) in [6.07, 6.45) is 0. The van der Waals surface area contributed by atoms with Crippen molar-refractivity contribution in [2.75, 3.05) is 0 Å². The molecule has 2 rings (SSSR count). The lowest BCUT2D eigenvalue weighted by molar-refractivity contribution is 0.845. The molecule has 0 aliphatic carbocycles. The van der Waals surface area contributed by atoms with Crippen LogP contribution in [0, 0.1) is 9.06 Å². The molecule has 0 unspecified atom stereocenters. The van der Waals surface area contributed by atoms with Crippen LogP contribution in [0.15, 0.2) is 9.59 Å². The van der Waals surface area contributed by atoms with E-state index in [1.807, 2.05) is 0 Å². The second-order valence-corrected chi connectivity index (χ2v) is 6.73. The van der Waals surface area contributed by atoms with Crippen molar-refractivity contribution >= 4 is 28.4 Å². The van der Waals surface area contributed by atoms with Crippen LogP contribution in [0.3, 0.4) is 0 Å². The molecule has 58 valence electrons. The Morgan fingerprint density at radius 3 is 2.09 bits per heavy atom. The molecule has 0 aromatic carbocycles. The lowest BCUT2D eigenvalue weighted by atomic mass is 10.7. The zero-order valence-electron chi connectivity index (χ0n) is 5.58. The second kappa shape index (κ2) is 2.30. The van der Waals surface area contributed by atoms with Crippen molar-refractivity contribution in [3.05, 3.63) is 29.8 Å². The Hall–Kier alpha value is -0.380. The molecule has 2 aliphatic rings. The Labute approximate surface area is 70.2 Å². The quantitative estimate of drug-likeness (QED) is 0.632. The highest BCUT2D eigenvalue weighted by Crippen LogP contribution is 2.21. The van der Waals surface area contributed by atoms with Gasteiger partial charge in [0.15, 0.2) is 0 Å².